The van der Waals surface area contributed by atoms with E-state index >= 15 is 0 Å². The number of benzene rings is 3. The topological polar surface area (TPSA) is 46.2 Å². The van der Waals surface area contributed by atoms with Gasteiger partial charge >= 0.3 is 0 Å². The Bertz CT molecular complexity index is 983. The standard InChI is InChI=1S/C23H20FNO2/c1-15-11-12-21(20(24)13-15)25-23(27)16(2)18-9-6-10-19(14-18)22(26)17-7-4-3-5-8-17/h3-14,16H,1-2H3,(H,25,27)/t16-/m0/s1. The van der Waals surface area contributed by atoms with Gasteiger partial charge in [-0.25, -0.2) is 4.39 Å². The van der Waals surface area contributed by atoms with Crippen LogP contribution in [0.5, 0.6) is 0 Å². The maximum atomic E-state index is 14.0. The first kappa shape index (κ1) is 18.5. The lowest BCUT2D eigenvalue weighted by Gasteiger charge is -2.14. The minimum absolute atomic E-state index is 0.102. The Morgan fingerprint density at radius 1 is 0.889 bits per heavy atom. The number of nitrogens with one attached hydrogen (secondary N) is 1. The number of aryl methyl sites for hydroxylation is 1. The van der Waals surface area contributed by atoms with Crippen molar-refractivity contribution in [2.24, 2.45) is 0 Å². The van der Waals surface area contributed by atoms with E-state index in [0.717, 1.165) is 5.56 Å². The minimum Gasteiger partial charge on any atom is -0.323 e. The van der Waals surface area contributed by atoms with E-state index in [2.05, 4.69) is 5.32 Å². The van der Waals surface area contributed by atoms with Gasteiger partial charge in [0, 0.05) is 11.1 Å². The van der Waals surface area contributed by atoms with Gasteiger partial charge in [0.25, 0.3) is 0 Å². The Morgan fingerprint density at radius 3 is 2.30 bits per heavy atom. The van der Waals surface area contributed by atoms with E-state index in [1.54, 1.807) is 62.4 Å². The van der Waals surface area contributed by atoms with Crippen LogP contribution in [0.25, 0.3) is 0 Å². The SMILES string of the molecule is Cc1ccc(NC(=O)[C@@H](C)c2cccc(C(=O)c3ccccc3)c2)c(F)c1. The number of amides is 1. The molecule has 1 amide bonds. The lowest BCUT2D eigenvalue weighted by molar-refractivity contribution is -0.117. The van der Waals surface area contributed by atoms with E-state index in [1.807, 2.05) is 18.2 Å². The van der Waals surface area contributed by atoms with E-state index in [-0.39, 0.29) is 17.4 Å². The van der Waals surface area contributed by atoms with E-state index < -0.39 is 11.7 Å². The largest absolute Gasteiger partial charge is 0.323 e. The number of rotatable bonds is 5. The molecule has 0 radical (unpaired) electrons. The maximum absolute atomic E-state index is 14.0. The molecule has 0 aromatic heterocycles. The van der Waals surface area contributed by atoms with Crippen LogP contribution in [0.3, 0.4) is 0 Å². The minimum atomic E-state index is -0.533. The Labute approximate surface area is 157 Å². The smallest absolute Gasteiger partial charge is 0.231 e. The first-order chi connectivity index (χ1) is 13.0. The molecule has 0 fully saturated rings. The van der Waals surface area contributed by atoms with Gasteiger partial charge in [-0.05, 0) is 43.2 Å². The fourth-order valence-corrected chi connectivity index (χ4v) is 2.82. The number of carbonyl (C=O) groups excluding carboxylic acids is 2. The summed E-state index contributed by atoms with van der Waals surface area (Å²) >= 11 is 0. The van der Waals surface area contributed by atoms with Crippen molar-refractivity contribution in [3.8, 4) is 0 Å². The van der Waals surface area contributed by atoms with Crippen molar-refractivity contribution in [2.45, 2.75) is 19.8 Å². The first-order valence-corrected chi connectivity index (χ1v) is 8.72. The van der Waals surface area contributed by atoms with Crippen molar-refractivity contribution >= 4 is 17.4 Å². The lowest BCUT2D eigenvalue weighted by Crippen LogP contribution is -2.20. The van der Waals surface area contributed by atoms with Crippen LogP contribution in [0.15, 0.2) is 72.8 Å². The van der Waals surface area contributed by atoms with Gasteiger partial charge in [0.05, 0.1) is 11.6 Å². The zero-order chi connectivity index (χ0) is 19.4. The molecule has 1 N–H and O–H groups in total. The molecule has 0 saturated heterocycles. The van der Waals surface area contributed by atoms with Crippen LogP contribution < -0.4 is 5.32 Å². The highest BCUT2D eigenvalue weighted by atomic mass is 19.1. The summed E-state index contributed by atoms with van der Waals surface area (Å²) in [5, 5.41) is 2.62. The summed E-state index contributed by atoms with van der Waals surface area (Å²) in [6.07, 6.45) is 0. The predicted molar refractivity (Wildman–Crippen MR) is 104 cm³/mol. The summed E-state index contributed by atoms with van der Waals surface area (Å²) in [6.45, 7) is 3.51. The number of anilines is 1. The van der Waals surface area contributed by atoms with Crippen LogP contribution in [-0.2, 0) is 4.79 Å². The highest BCUT2D eigenvalue weighted by Crippen LogP contribution is 2.22. The Morgan fingerprint density at radius 2 is 1.59 bits per heavy atom. The molecule has 0 aliphatic carbocycles. The van der Waals surface area contributed by atoms with Gasteiger partial charge in [-0.2, -0.15) is 0 Å². The zero-order valence-electron chi connectivity index (χ0n) is 15.2. The van der Waals surface area contributed by atoms with Crippen molar-refractivity contribution in [2.75, 3.05) is 5.32 Å². The lowest BCUT2D eigenvalue weighted by atomic mass is 9.95. The van der Waals surface area contributed by atoms with Crippen molar-refractivity contribution in [3.63, 3.8) is 0 Å². The third-order valence-corrected chi connectivity index (χ3v) is 4.46. The average Bonchev–Trinajstić information content (AvgIpc) is 2.69. The summed E-state index contributed by atoms with van der Waals surface area (Å²) < 4.78 is 14.0. The predicted octanol–water partition coefficient (Wildman–Crippen LogP) is 5.11. The second-order valence-corrected chi connectivity index (χ2v) is 6.51. The number of hydrogen-bond acceptors (Lipinski definition) is 2. The zero-order valence-corrected chi connectivity index (χ0v) is 15.2. The number of hydrogen-bond donors (Lipinski definition) is 1. The molecule has 0 aliphatic heterocycles. The van der Waals surface area contributed by atoms with Crippen LogP contribution in [0.2, 0.25) is 0 Å². The van der Waals surface area contributed by atoms with Crippen LogP contribution in [0, 0.1) is 12.7 Å². The summed E-state index contributed by atoms with van der Waals surface area (Å²) in [5.74, 6) is -1.44. The van der Waals surface area contributed by atoms with Crippen molar-refractivity contribution in [1.82, 2.24) is 0 Å². The highest BCUT2D eigenvalue weighted by Gasteiger charge is 2.18. The number of halogens is 1. The molecule has 136 valence electrons. The van der Waals surface area contributed by atoms with Crippen molar-refractivity contribution in [3.05, 3.63) is 101 Å². The van der Waals surface area contributed by atoms with Gasteiger partial charge in [0.1, 0.15) is 5.82 Å². The van der Waals surface area contributed by atoms with Gasteiger partial charge in [0.2, 0.25) is 5.91 Å². The van der Waals surface area contributed by atoms with Gasteiger partial charge < -0.3 is 5.32 Å². The van der Waals surface area contributed by atoms with Crippen LogP contribution >= 0.6 is 0 Å². The van der Waals surface area contributed by atoms with Crippen LogP contribution in [-0.4, -0.2) is 11.7 Å². The molecule has 1 atom stereocenters. The molecule has 3 aromatic rings. The molecule has 27 heavy (non-hydrogen) atoms. The molecule has 0 saturated carbocycles. The monoisotopic (exact) mass is 361 g/mol. The summed E-state index contributed by atoms with van der Waals surface area (Å²) in [6, 6.07) is 20.6. The van der Waals surface area contributed by atoms with Gasteiger partial charge in [0.15, 0.2) is 5.78 Å². The molecule has 4 heteroatoms. The third-order valence-electron chi connectivity index (χ3n) is 4.46. The normalized spacial score (nSPS) is 11.7. The maximum Gasteiger partial charge on any atom is 0.231 e. The Hall–Kier alpha value is -3.27. The third kappa shape index (κ3) is 4.29. The Kier molecular flexibility index (Phi) is 5.46. The fourth-order valence-electron chi connectivity index (χ4n) is 2.82. The molecular formula is C23H20FNO2. The highest BCUT2D eigenvalue weighted by molar-refractivity contribution is 6.09. The van der Waals surface area contributed by atoms with Crippen LogP contribution in [0.1, 0.15) is 39.9 Å². The van der Waals surface area contributed by atoms with Gasteiger partial charge in [-0.3, -0.25) is 9.59 Å². The first-order valence-electron chi connectivity index (χ1n) is 8.72. The van der Waals surface area contributed by atoms with Crippen molar-refractivity contribution < 1.29 is 14.0 Å². The average molecular weight is 361 g/mol. The number of ketones is 1. The van der Waals surface area contributed by atoms with Crippen LogP contribution in [0.4, 0.5) is 10.1 Å². The molecule has 3 nitrogen and oxygen atoms in total. The molecular weight excluding hydrogens is 341 g/mol. The van der Waals surface area contributed by atoms with E-state index in [0.29, 0.717) is 16.7 Å². The second-order valence-electron chi connectivity index (χ2n) is 6.51. The van der Waals surface area contributed by atoms with Gasteiger partial charge in [-0.15, -0.1) is 0 Å². The summed E-state index contributed by atoms with van der Waals surface area (Å²) in [5.41, 5.74) is 2.73. The number of carbonyl (C=O) groups is 2. The summed E-state index contributed by atoms with van der Waals surface area (Å²) in [4.78, 5) is 25.1. The van der Waals surface area contributed by atoms with Gasteiger partial charge in [-0.1, -0.05) is 54.6 Å². The van der Waals surface area contributed by atoms with Crippen molar-refractivity contribution in [1.29, 1.82) is 0 Å². The molecule has 3 rings (SSSR count). The molecule has 0 heterocycles. The fraction of sp³-hybridized carbons (Fsp3) is 0.130. The quantitative estimate of drug-likeness (QED) is 0.642. The van der Waals surface area contributed by atoms with E-state index in [4.69, 9.17) is 0 Å². The van der Waals surface area contributed by atoms with E-state index in [1.165, 1.54) is 6.07 Å². The Balaban J connectivity index is 1.79. The second kappa shape index (κ2) is 7.96. The van der Waals surface area contributed by atoms with E-state index in [9.17, 15) is 14.0 Å². The molecule has 0 unspecified atom stereocenters. The molecule has 0 spiro atoms. The molecule has 0 aliphatic rings. The molecule has 3 aromatic carbocycles. The summed E-state index contributed by atoms with van der Waals surface area (Å²) in [7, 11) is 0. The molecule has 0 bridgehead atoms.